The molecule has 0 fully saturated rings. The van der Waals surface area contributed by atoms with E-state index in [2.05, 4.69) is 24.5 Å². The molecule has 1 unspecified atom stereocenters. The Morgan fingerprint density at radius 3 is 2.68 bits per heavy atom. The van der Waals surface area contributed by atoms with Crippen LogP contribution in [0.3, 0.4) is 0 Å². The summed E-state index contributed by atoms with van der Waals surface area (Å²) in [6.07, 6.45) is 0. The van der Waals surface area contributed by atoms with Crippen LogP contribution >= 0.6 is 0 Å². The lowest BCUT2D eigenvalue weighted by Crippen LogP contribution is -2.37. The van der Waals surface area contributed by atoms with Crippen molar-refractivity contribution in [2.24, 2.45) is 0 Å². The SMILES string of the molecule is CCOC(=O)C1=C(C)NC2=C(CN(CCNC(C)C)C2=O)C1c1ccccc1. The highest BCUT2D eigenvalue weighted by Crippen LogP contribution is 2.41. The van der Waals surface area contributed by atoms with Crippen LogP contribution < -0.4 is 10.6 Å². The van der Waals surface area contributed by atoms with Gasteiger partial charge < -0.3 is 20.3 Å². The van der Waals surface area contributed by atoms with Crippen LogP contribution in [0.5, 0.6) is 0 Å². The van der Waals surface area contributed by atoms with E-state index in [4.69, 9.17) is 4.74 Å². The summed E-state index contributed by atoms with van der Waals surface area (Å²) in [7, 11) is 0. The molecule has 0 bridgehead atoms. The Bertz CT molecular complexity index is 812. The predicted molar refractivity (Wildman–Crippen MR) is 108 cm³/mol. The molecule has 150 valence electrons. The van der Waals surface area contributed by atoms with Crippen LogP contribution in [0.1, 0.15) is 39.2 Å². The first kappa shape index (κ1) is 20.1. The first-order valence-electron chi connectivity index (χ1n) is 9.89. The van der Waals surface area contributed by atoms with Crippen LogP contribution in [0.25, 0.3) is 0 Å². The summed E-state index contributed by atoms with van der Waals surface area (Å²) in [4.78, 5) is 27.6. The van der Waals surface area contributed by atoms with Gasteiger partial charge in [-0.2, -0.15) is 0 Å². The third kappa shape index (κ3) is 3.97. The zero-order valence-electron chi connectivity index (χ0n) is 17.0. The van der Waals surface area contributed by atoms with Crippen molar-refractivity contribution >= 4 is 11.9 Å². The lowest BCUT2D eigenvalue weighted by molar-refractivity contribution is -0.139. The van der Waals surface area contributed by atoms with Crippen molar-refractivity contribution in [2.45, 2.75) is 39.7 Å². The van der Waals surface area contributed by atoms with E-state index in [1.165, 1.54) is 0 Å². The van der Waals surface area contributed by atoms with Crippen molar-refractivity contribution in [3.63, 3.8) is 0 Å². The largest absolute Gasteiger partial charge is 0.463 e. The molecule has 0 aliphatic carbocycles. The van der Waals surface area contributed by atoms with Gasteiger partial charge in [0.2, 0.25) is 0 Å². The summed E-state index contributed by atoms with van der Waals surface area (Å²) in [5.74, 6) is -0.618. The van der Waals surface area contributed by atoms with E-state index in [0.29, 0.717) is 42.7 Å². The minimum atomic E-state index is -0.333. The fourth-order valence-corrected chi connectivity index (χ4v) is 3.83. The second-order valence-corrected chi connectivity index (χ2v) is 7.46. The second kappa shape index (κ2) is 8.61. The number of carbonyl (C=O) groups excluding carboxylic acids is 2. The molecular formula is C22H29N3O3. The molecule has 1 atom stereocenters. The van der Waals surface area contributed by atoms with Crippen LogP contribution in [0.4, 0.5) is 0 Å². The summed E-state index contributed by atoms with van der Waals surface area (Å²) in [5, 5.41) is 6.55. The first-order chi connectivity index (χ1) is 13.4. The van der Waals surface area contributed by atoms with Gasteiger partial charge in [0.15, 0.2) is 0 Å². The Balaban J connectivity index is 1.93. The van der Waals surface area contributed by atoms with E-state index < -0.39 is 0 Å². The Kier molecular flexibility index (Phi) is 6.19. The number of rotatable bonds is 7. The van der Waals surface area contributed by atoms with Crippen LogP contribution in [0.2, 0.25) is 0 Å². The number of benzene rings is 1. The molecular weight excluding hydrogens is 354 g/mol. The van der Waals surface area contributed by atoms with Gasteiger partial charge in [0.1, 0.15) is 5.70 Å². The maximum Gasteiger partial charge on any atom is 0.336 e. The normalized spacial score (nSPS) is 19.2. The molecule has 1 aromatic rings. The first-order valence-corrected chi connectivity index (χ1v) is 9.89. The van der Waals surface area contributed by atoms with Gasteiger partial charge >= 0.3 is 5.97 Å². The second-order valence-electron chi connectivity index (χ2n) is 7.46. The Labute approximate surface area is 166 Å². The molecule has 0 radical (unpaired) electrons. The summed E-state index contributed by atoms with van der Waals surface area (Å²) in [6.45, 7) is 9.99. The fraction of sp³-hybridized carbons (Fsp3) is 0.455. The van der Waals surface area contributed by atoms with Gasteiger partial charge in [-0.3, -0.25) is 4.79 Å². The number of hydrogen-bond donors (Lipinski definition) is 2. The van der Waals surface area contributed by atoms with Gasteiger partial charge in [0.25, 0.3) is 5.91 Å². The maximum absolute atomic E-state index is 13.0. The van der Waals surface area contributed by atoms with Crippen molar-refractivity contribution in [3.05, 3.63) is 58.4 Å². The summed E-state index contributed by atoms with van der Waals surface area (Å²) >= 11 is 0. The van der Waals surface area contributed by atoms with Gasteiger partial charge in [-0.1, -0.05) is 44.2 Å². The van der Waals surface area contributed by atoms with Crippen LogP contribution in [-0.4, -0.2) is 49.1 Å². The number of amides is 1. The quantitative estimate of drug-likeness (QED) is 0.707. The number of nitrogens with zero attached hydrogens (tertiary/aromatic N) is 1. The van der Waals surface area contributed by atoms with Crippen molar-refractivity contribution in [2.75, 3.05) is 26.2 Å². The lowest BCUT2D eigenvalue weighted by Gasteiger charge is -2.28. The summed E-state index contributed by atoms with van der Waals surface area (Å²) < 4.78 is 5.33. The van der Waals surface area contributed by atoms with E-state index in [1.54, 1.807) is 6.92 Å². The van der Waals surface area contributed by atoms with Crippen LogP contribution in [-0.2, 0) is 14.3 Å². The van der Waals surface area contributed by atoms with Gasteiger partial charge in [0, 0.05) is 37.3 Å². The monoisotopic (exact) mass is 383 g/mol. The number of esters is 1. The molecule has 1 amide bonds. The Morgan fingerprint density at radius 2 is 2.04 bits per heavy atom. The number of dihydropyridines is 1. The zero-order chi connectivity index (χ0) is 20.3. The fourth-order valence-electron chi connectivity index (χ4n) is 3.83. The maximum atomic E-state index is 13.0. The van der Waals surface area contributed by atoms with Gasteiger partial charge in [0.05, 0.1) is 12.2 Å². The van der Waals surface area contributed by atoms with Crippen molar-refractivity contribution < 1.29 is 14.3 Å². The third-order valence-electron chi connectivity index (χ3n) is 5.10. The highest BCUT2D eigenvalue weighted by molar-refractivity contribution is 6.01. The molecule has 2 N–H and O–H groups in total. The smallest absolute Gasteiger partial charge is 0.336 e. The third-order valence-corrected chi connectivity index (χ3v) is 5.10. The highest BCUT2D eigenvalue weighted by atomic mass is 16.5. The van der Waals surface area contributed by atoms with Gasteiger partial charge in [-0.05, 0) is 25.0 Å². The van der Waals surface area contributed by atoms with E-state index in [9.17, 15) is 9.59 Å². The molecule has 0 spiro atoms. The Morgan fingerprint density at radius 1 is 1.32 bits per heavy atom. The van der Waals surface area contributed by atoms with E-state index in [1.807, 2.05) is 42.2 Å². The molecule has 0 saturated heterocycles. The summed E-state index contributed by atoms with van der Waals surface area (Å²) in [6, 6.07) is 10.2. The number of nitrogens with one attached hydrogen (secondary N) is 2. The molecule has 0 aromatic heterocycles. The minimum absolute atomic E-state index is 0.0104. The molecule has 6 nitrogen and oxygen atoms in total. The van der Waals surface area contributed by atoms with Crippen molar-refractivity contribution in [3.8, 4) is 0 Å². The number of hydrogen-bond acceptors (Lipinski definition) is 5. The lowest BCUT2D eigenvalue weighted by atomic mass is 9.81. The van der Waals surface area contributed by atoms with Crippen LogP contribution in [0.15, 0.2) is 52.9 Å². The standard InChI is InChI=1S/C22H29N3O3/c1-5-28-22(27)18-15(4)24-20-17(19(18)16-9-7-6-8-10-16)13-25(21(20)26)12-11-23-14(2)3/h6-10,14,19,23-24H,5,11-13H2,1-4H3. The average molecular weight is 383 g/mol. The number of allylic oxidation sites excluding steroid dienone is 1. The van der Waals surface area contributed by atoms with Crippen LogP contribution in [0, 0.1) is 0 Å². The topological polar surface area (TPSA) is 70.7 Å². The molecule has 6 heteroatoms. The number of ether oxygens (including phenoxy) is 1. The molecule has 2 aliphatic rings. The predicted octanol–water partition coefficient (Wildman–Crippen LogP) is 2.30. The van der Waals surface area contributed by atoms with E-state index >= 15 is 0 Å². The summed E-state index contributed by atoms with van der Waals surface area (Å²) in [5.41, 5.74) is 3.80. The van der Waals surface area contributed by atoms with E-state index in [0.717, 1.165) is 17.7 Å². The zero-order valence-corrected chi connectivity index (χ0v) is 17.0. The average Bonchev–Trinajstić information content (AvgIpc) is 2.97. The molecule has 28 heavy (non-hydrogen) atoms. The number of carbonyl (C=O) groups is 2. The highest BCUT2D eigenvalue weighted by Gasteiger charge is 2.42. The van der Waals surface area contributed by atoms with Crippen molar-refractivity contribution in [1.82, 2.24) is 15.5 Å². The molecule has 3 rings (SSSR count). The molecule has 2 aliphatic heterocycles. The molecule has 2 heterocycles. The van der Waals surface area contributed by atoms with Gasteiger partial charge in [-0.15, -0.1) is 0 Å². The molecule has 1 aromatic carbocycles. The molecule has 0 saturated carbocycles. The Hall–Kier alpha value is -2.60. The van der Waals surface area contributed by atoms with Crippen molar-refractivity contribution in [1.29, 1.82) is 0 Å². The van der Waals surface area contributed by atoms with E-state index in [-0.39, 0.29) is 17.8 Å². The minimum Gasteiger partial charge on any atom is -0.463 e. The van der Waals surface area contributed by atoms with Gasteiger partial charge in [-0.25, -0.2) is 4.79 Å².